The Bertz CT molecular complexity index is 403. The van der Waals surface area contributed by atoms with Gasteiger partial charge in [-0.1, -0.05) is 19.3 Å². The number of rotatable bonds is 12. The summed E-state index contributed by atoms with van der Waals surface area (Å²) in [7, 11) is 0. The maximum atomic E-state index is 5.21. The summed E-state index contributed by atoms with van der Waals surface area (Å²) in [4.78, 5) is 0. The van der Waals surface area contributed by atoms with E-state index in [1.165, 1.54) is 44.9 Å². The molecule has 0 aromatic heterocycles. The number of hydrogen-bond donors (Lipinski definition) is 0. The first-order valence-corrected chi connectivity index (χ1v) is 9.20. The summed E-state index contributed by atoms with van der Waals surface area (Å²) in [6.07, 6.45) is 27.1. The van der Waals surface area contributed by atoms with Crippen LogP contribution in [0, 0.1) is 48.4 Å². The Balaban J connectivity index is 3.22. The lowest BCUT2D eigenvalue weighted by Gasteiger charge is -1.94. The van der Waals surface area contributed by atoms with E-state index < -0.39 is 0 Å². The van der Waals surface area contributed by atoms with Crippen LogP contribution in [-0.2, 0) is 0 Å². The lowest BCUT2D eigenvalue weighted by Crippen LogP contribution is -1.78. The highest BCUT2D eigenvalue weighted by Crippen LogP contribution is 2.04. The summed E-state index contributed by atoms with van der Waals surface area (Å²) in [5, 5.41) is 0. The summed E-state index contributed by atoms with van der Waals surface area (Å²) in [5.41, 5.74) is 0. The number of hydrogen-bond acceptors (Lipinski definition) is 0. The fraction of sp³-hybridized carbons (Fsp3) is 0.652. The third kappa shape index (κ3) is 20.2. The van der Waals surface area contributed by atoms with Gasteiger partial charge in [0, 0.05) is 38.5 Å². The van der Waals surface area contributed by atoms with Gasteiger partial charge in [0.25, 0.3) is 0 Å². The van der Waals surface area contributed by atoms with Crippen molar-refractivity contribution in [2.24, 2.45) is 0 Å². The van der Waals surface area contributed by atoms with Gasteiger partial charge in [0.05, 0.1) is 0 Å². The summed E-state index contributed by atoms with van der Waals surface area (Å²) in [6.45, 7) is 0. The van der Waals surface area contributed by atoms with E-state index in [4.69, 9.17) is 12.8 Å². The van der Waals surface area contributed by atoms with E-state index in [2.05, 4.69) is 35.5 Å². The van der Waals surface area contributed by atoms with Crippen molar-refractivity contribution >= 4 is 0 Å². The third-order valence-electron chi connectivity index (χ3n) is 3.60. The maximum absolute atomic E-state index is 5.21. The number of unbranched alkanes of at least 4 members (excludes halogenated alkanes) is 12. The molecule has 0 aromatic rings. The molecule has 23 heavy (non-hydrogen) atoms. The minimum absolute atomic E-state index is 0.905. The largest absolute Gasteiger partial charge is 0.120 e. The molecule has 0 heterocycles. The zero-order valence-corrected chi connectivity index (χ0v) is 14.8. The highest BCUT2D eigenvalue weighted by atomic mass is 13.9. The van der Waals surface area contributed by atoms with E-state index in [1.54, 1.807) is 0 Å². The SMILES string of the molecule is C#CCCCCCC#CCCCCCC#CCCCCCC#C. The van der Waals surface area contributed by atoms with Gasteiger partial charge >= 0.3 is 0 Å². The second-order valence-electron chi connectivity index (χ2n) is 5.80. The van der Waals surface area contributed by atoms with E-state index in [0.29, 0.717) is 0 Å². The highest BCUT2D eigenvalue weighted by molar-refractivity contribution is 4.99. The lowest BCUT2D eigenvalue weighted by atomic mass is 10.1. The number of terminal acetylenes is 2. The van der Waals surface area contributed by atoms with E-state index >= 15 is 0 Å². The Labute approximate surface area is 145 Å². The predicted octanol–water partition coefficient (Wildman–Crippen LogP) is 6.11. The van der Waals surface area contributed by atoms with Crippen LogP contribution in [0.3, 0.4) is 0 Å². The van der Waals surface area contributed by atoms with Gasteiger partial charge in [-0.05, 0) is 38.5 Å². The van der Waals surface area contributed by atoms with Crippen LogP contribution in [0.15, 0.2) is 0 Å². The lowest BCUT2D eigenvalue weighted by molar-refractivity contribution is 0.700. The zero-order chi connectivity index (χ0) is 16.8. The van der Waals surface area contributed by atoms with Gasteiger partial charge in [0.2, 0.25) is 0 Å². The van der Waals surface area contributed by atoms with Crippen molar-refractivity contribution in [3.8, 4) is 48.4 Å². The molecule has 0 saturated carbocycles. The smallest absolute Gasteiger partial charge is 0.00886 e. The minimum atomic E-state index is 0.905. The molecule has 0 spiro atoms. The molecule has 0 bridgehead atoms. The van der Waals surface area contributed by atoms with Gasteiger partial charge in [-0.3, -0.25) is 0 Å². The van der Waals surface area contributed by atoms with Crippen LogP contribution < -0.4 is 0 Å². The van der Waals surface area contributed by atoms with Crippen molar-refractivity contribution in [1.29, 1.82) is 0 Å². The molecule has 0 aliphatic heterocycles. The van der Waals surface area contributed by atoms with Crippen LogP contribution in [0.4, 0.5) is 0 Å². The summed E-state index contributed by atoms with van der Waals surface area (Å²) in [6, 6.07) is 0. The molecule has 0 nitrogen and oxygen atoms in total. The Morgan fingerprint density at radius 2 is 0.609 bits per heavy atom. The third-order valence-corrected chi connectivity index (χ3v) is 3.60. The molecule has 0 aliphatic rings. The molecule has 0 atom stereocenters. The summed E-state index contributed by atoms with van der Waals surface area (Å²) < 4.78 is 0. The van der Waals surface area contributed by atoms with Crippen LogP contribution in [0.5, 0.6) is 0 Å². The van der Waals surface area contributed by atoms with Crippen molar-refractivity contribution in [3.05, 3.63) is 0 Å². The normalized spacial score (nSPS) is 8.96. The van der Waals surface area contributed by atoms with Crippen LogP contribution in [0.25, 0.3) is 0 Å². The molecule has 0 rings (SSSR count). The Morgan fingerprint density at radius 3 is 0.870 bits per heavy atom. The molecular formula is C23H32. The summed E-state index contributed by atoms with van der Waals surface area (Å²) in [5.74, 6) is 18.4. The van der Waals surface area contributed by atoms with Crippen molar-refractivity contribution < 1.29 is 0 Å². The molecule has 0 fully saturated rings. The van der Waals surface area contributed by atoms with Crippen molar-refractivity contribution in [1.82, 2.24) is 0 Å². The molecule has 0 heteroatoms. The molecular weight excluding hydrogens is 276 g/mol. The zero-order valence-electron chi connectivity index (χ0n) is 14.8. The fourth-order valence-corrected chi connectivity index (χ4v) is 2.19. The van der Waals surface area contributed by atoms with Crippen molar-refractivity contribution in [2.75, 3.05) is 0 Å². The van der Waals surface area contributed by atoms with E-state index in [1.807, 2.05) is 0 Å². The Morgan fingerprint density at radius 1 is 0.348 bits per heavy atom. The average molecular weight is 309 g/mol. The van der Waals surface area contributed by atoms with Gasteiger partial charge in [-0.15, -0.1) is 48.4 Å². The van der Waals surface area contributed by atoms with Gasteiger partial charge in [-0.2, -0.15) is 0 Å². The molecule has 0 N–H and O–H groups in total. The minimum Gasteiger partial charge on any atom is -0.120 e. The standard InChI is InChI=1S/C23H32/c1-3-5-7-9-11-13-15-17-19-21-23-22-20-18-16-14-12-10-8-6-4-2/h1-2H,5-14,19-23H2. The van der Waals surface area contributed by atoms with Gasteiger partial charge in [0.15, 0.2) is 0 Å². The van der Waals surface area contributed by atoms with Crippen LogP contribution in [0.2, 0.25) is 0 Å². The molecule has 124 valence electrons. The molecule has 0 saturated heterocycles. The first kappa shape index (κ1) is 21.2. The topological polar surface area (TPSA) is 0 Å². The van der Waals surface area contributed by atoms with E-state index in [9.17, 15) is 0 Å². The fourth-order valence-electron chi connectivity index (χ4n) is 2.19. The van der Waals surface area contributed by atoms with Crippen molar-refractivity contribution in [2.45, 2.75) is 96.3 Å². The Hall–Kier alpha value is -1.76. The molecule has 0 amide bonds. The molecule has 0 radical (unpaired) electrons. The second kappa shape index (κ2) is 20.2. The average Bonchev–Trinajstić information content (AvgIpc) is 2.57. The van der Waals surface area contributed by atoms with Gasteiger partial charge in [0.1, 0.15) is 0 Å². The van der Waals surface area contributed by atoms with E-state index in [-0.39, 0.29) is 0 Å². The molecule has 0 unspecified atom stereocenters. The first-order chi connectivity index (χ1) is 11.4. The highest BCUT2D eigenvalue weighted by Gasteiger charge is 1.88. The first-order valence-electron chi connectivity index (χ1n) is 9.20. The summed E-state index contributed by atoms with van der Waals surface area (Å²) >= 11 is 0. The van der Waals surface area contributed by atoms with Crippen LogP contribution >= 0.6 is 0 Å². The second-order valence-corrected chi connectivity index (χ2v) is 5.80. The van der Waals surface area contributed by atoms with E-state index in [0.717, 1.165) is 51.4 Å². The molecule has 0 aliphatic carbocycles. The Kier molecular flexibility index (Phi) is 18.7. The monoisotopic (exact) mass is 308 g/mol. The van der Waals surface area contributed by atoms with Gasteiger partial charge < -0.3 is 0 Å². The predicted molar refractivity (Wildman–Crippen MR) is 102 cm³/mol. The van der Waals surface area contributed by atoms with Crippen LogP contribution in [-0.4, -0.2) is 0 Å². The quantitative estimate of drug-likeness (QED) is 0.301. The molecule has 0 aromatic carbocycles. The van der Waals surface area contributed by atoms with Crippen molar-refractivity contribution in [3.63, 3.8) is 0 Å². The van der Waals surface area contributed by atoms with Gasteiger partial charge in [-0.25, -0.2) is 0 Å². The van der Waals surface area contributed by atoms with Crippen LogP contribution in [0.1, 0.15) is 96.3 Å². The maximum Gasteiger partial charge on any atom is 0.00886 e.